The predicted molar refractivity (Wildman–Crippen MR) is 82.8 cm³/mol. The van der Waals surface area contributed by atoms with Crippen LogP contribution < -0.4 is 4.90 Å². The summed E-state index contributed by atoms with van der Waals surface area (Å²) in [5.74, 6) is -0.363. The Morgan fingerprint density at radius 3 is 2.86 bits per heavy atom. The summed E-state index contributed by atoms with van der Waals surface area (Å²) < 4.78 is 10.3. The minimum atomic E-state index is -0.439. The van der Waals surface area contributed by atoms with Gasteiger partial charge in [0.1, 0.15) is 0 Å². The van der Waals surface area contributed by atoms with Crippen molar-refractivity contribution in [3.63, 3.8) is 0 Å². The summed E-state index contributed by atoms with van der Waals surface area (Å²) in [6.07, 6.45) is -0.0520. The highest BCUT2D eigenvalue weighted by atomic mass is 35.5. The second kappa shape index (κ2) is 5.78. The fourth-order valence-electron chi connectivity index (χ4n) is 2.82. The van der Waals surface area contributed by atoms with E-state index in [4.69, 9.17) is 25.9 Å². The number of esters is 1. The number of carbonyl (C=O) groups is 1. The van der Waals surface area contributed by atoms with Gasteiger partial charge in [-0.1, -0.05) is 16.8 Å². The molecule has 0 N–H and O–H groups in total. The standard InChI is InChI=1S/C15H17ClN2O4/c1-18(2)14-9(15(19)20-3)4-8(5-11(14)16)13-10-6-21-7-12(10)22-17-13/h4-5,10,12H,6-7H2,1-3H3. The summed E-state index contributed by atoms with van der Waals surface area (Å²) >= 11 is 6.38. The molecular formula is C15H17ClN2O4. The summed E-state index contributed by atoms with van der Waals surface area (Å²) in [7, 11) is 4.99. The van der Waals surface area contributed by atoms with E-state index in [2.05, 4.69) is 5.16 Å². The van der Waals surface area contributed by atoms with Gasteiger partial charge in [-0.15, -0.1) is 0 Å². The Morgan fingerprint density at radius 1 is 1.41 bits per heavy atom. The van der Waals surface area contributed by atoms with Gasteiger partial charge in [0.2, 0.25) is 0 Å². The number of anilines is 1. The van der Waals surface area contributed by atoms with Crippen molar-refractivity contribution in [3.05, 3.63) is 28.3 Å². The lowest BCUT2D eigenvalue weighted by Gasteiger charge is -2.19. The number of fused-ring (bicyclic) bond motifs is 1. The van der Waals surface area contributed by atoms with E-state index in [-0.39, 0.29) is 12.0 Å². The number of nitrogens with zero attached hydrogens (tertiary/aromatic N) is 2. The lowest BCUT2D eigenvalue weighted by molar-refractivity contribution is 0.0558. The van der Waals surface area contributed by atoms with Crippen molar-refractivity contribution in [1.29, 1.82) is 0 Å². The van der Waals surface area contributed by atoms with Crippen LogP contribution >= 0.6 is 11.6 Å². The zero-order valence-electron chi connectivity index (χ0n) is 12.6. The monoisotopic (exact) mass is 324 g/mol. The van der Waals surface area contributed by atoms with Crippen LogP contribution in [0.2, 0.25) is 5.02 Å². The van der Waals surface area contributed by atoms with E-state index in [9.17, 15) is 4.79 Å². The van der Waals surface area contributed by atoms with Crippen LogP contribution in [0.5, 0.6) is 0 Å². The Kier molecular flexibility index (Phi) is 3.97. The van der Waals surface area contributed by atoms with Crippen molar-refractivity contribution in [3.8, 4) is 0 Å². The van der Waals surface area contributed by atoms with Crippen molar-refractivity contribution < 1.29 is 19.1 Å². The quantitative estimate of drug-likeness (QED) is 0.795. The molecule has 2 aliphatic rings. The molecule has 0 aliphatic carbocycles. The highest BCUT2D eigenvalue weighted by Crippen LogP contribution is 2.34. The number of oxime groups is 1. The normalized spacial score (nSPS) is 22.8. The van der Waals surface area contributed by atoms with E-state index in [0.29, 0.717) is 29.5 Å². The fraction of sp³-hybridized carbons (Fsp3) is 0.467. The minimum absolute atomic E-state index is 0.0520. The maximum absolute atomic E-state index is 12.1. The second-order valence-corrected chi connectivity index (χ2v) is 5.91. The molecule has 1 aromatic rings. The molecule has 1 saturated heterocycles. The molecule has 1 aromatic carbocycles. The van der Waals surface area contributed by atoms with Crippen LogP contribution in [-0.4, -0.2) is 52.2 Å². The van der Waals surface area contributed by atoms with Crippen LogP contribution in [0, 0.1) is 5.92 Å². The molecule has 0 amide bonds. The smallest absolute Gasteiger partial charge is 0.340 e. The van der Waals surface area contributed by atoms with E-state index in [0.717, 1.165) is 11.3 Å². The van der Waals surface area contributed by atoms with Crippen LogP contribution in [0.1, 0.15) is 15.9 Å². The molecule has 2 aliphatic heterocycles. The van der Waals surface area contributed by atoms with Gasteiger partial charge in [-0.05, 0) is 12.1 Å². The Balaban J connectivity index is 2.07. The highest BCUT2D eigenvalue weighted by molar-refractivity contribution is 6.34. The van der Waals surface area contributed by atoms with E-state index < -0.39 is 5.97 Å². The van der Waals surface area contributed by atoms with Gasteiger partial charge >= 0.3 is 5.97 Å². The Labute approximate surface area is 133 Å². The topological polar surface area (TPSA) is 60.4 Å². The lowest BCUT2D eigenvalue weighted by atomic mass is 9.93. The molecule has 3 rings (SSSR count). The zero-order chi connectivity index (χ0) is 15.9. The minimum Gasteiger partial charge on any atom is -0.465 e. The largest absolute Gasteiger partial charge is 0.465 e. The Morgan fingerprint density at radius 2 is 2.18 bits per heavy atom. The van der Waals surface area contributed by atoms with Gasteiger partial charge in [-0.25, -0.2) is 4.79 Å². The van der Waals surface area contributed by atoms with Crippen molar-refractivity contribution in [1.82, 2.24) is 0 Å². The van der Waals surface area contributed by atoms with Crippen LogP contribution in [-0.2, 0) is 14.3 Å². The summed E-state index contributed by atoms with van der Waals surface area (Å²) in [5.41, 5.74) is 2.55. The maximum Gasteiger partial charge on any atom is 0.340 e. The Hall–Kier alpha value is -1.79. The van der Waals surface area contributed by atoms with Crippen molar-refractivity contribution in [2.75, 3.05) is 39.3 Å². The fourth-order valence-corrected chi connectivity index (χ4v) is 3.21. The van der Waals surface area contributed by atoms with Crippen molar-refractivity contribution in [2.45, 2.75) is 6.10 Å². The van der Waals surface area contributed by atoms with E-state index in [1.54, 1.807) is 17.0 Å². The second-order valence-electron chi connectivity index (χ2n) is 5.50. The molecule has 0 spiro atoms. The first-order valence-electron chi connectivity index (χ1n) is 6.94. The first-order chi connectivity index (χ1) is 10.5. The third-order valence-corrected chi connectivity index (χ3v) is 4.17. The molecule has 7 heteroatoms. The Bertz CT molecular complexity index is 645. The molecule has 22 heavy (non-hydrogen) atoms. The SMILES string of the molecule is COC(=O)c1cc(C2=NOC3COCC23)cc(Cl)c1N(C)C. The van der Waals surface area contributed by atoms with E-state index in [1.165, 1.54) is 7.11 Å². The maximum atomic E-state index is 12.1. The summed E-state index contributed by atoms with van der Waals surface area (Å²) in [6, 6.07) is 3.54. The number of methoxy groups -OCH3 is 1. The average molecular weight is 325 g/mol. The number of carbonyl (C=O) groups excluding carboxylic acids is 1. The van der Waals surface area contributed by atoms with E-state index >= 15 is 0 Å². The lowest BCUT2D eigenvalue weighted by Crippen LogP contribution is -2.23. The molecule has 0 aromatic heterocycles. The summed E-state index contributed by atoms with van der Waals surface area (Å²) in [5, 5.41) is 4.61. The molecule has 2 heterocycles. The van der Waals surface area contributed by atoms with E-state index in [1.807, 2.05) is 14.1 Å². The molecular weight excluding hydrogens is 308 g/mol. The summed E-state index contributed by atoms with van der Waals surface area (Å²) in [4.78, 5) is 19.2. The number of hydrogen-bond acceptors (Lipinski definition) is 6. The molecule has 1 fully saturated rings. The van der Waals surface area contributed by atoms with Crippen molar-refractivity contribution in [2.24, 2.45) is 11.1 Å². The van der Waals surface area contributed by atoms with Gasteiger partial charge in [0.25, 0.3) is 0 Å². The molecule has 2 unspecified atom stereocenters. The first-order valence-corrected chi connectivity index (χ1v) is 7.31. The number of benzene rings is 1. The number of rotatable bonds is 3. The third-order valence-electron chi connectivity index (χ3n) is 3.88. The van der Waals surface area contributed by atoms with Gasteiger partial charge in [0.05, 0.1) is 48.2 Å². The van der Waals surface area contributed by atoms with Crippen LogP contribution in [0.3, 0.4) is 0 Å². The molecule has 118 valence electrons. The van der Waals surface area contributed by atoms with Gasteiger partial charge in [0.15, 0.2) is 6.10 Å². The van der Waals surface area contributed by atoms with Gasteiger partial charge in [-0.3, -0.25) is 0 Å². The number of halogens is 1. The summed E-state index contributed by atoms with van der Waals surface area (Å²) in [6.45, 7) is 1.09. The molecule has 2 atom stereocenters. The highest BCUT2D eigenvalue weighted by Gasteiger charge is 2.40. The molecule has 0 saturated carbocycles. The predicted octanol–water partition coefficient (Wildman–Crippen LogP) is 1.94. The van der Waals surface area contributed by atoms with Gasteiger partial charge < -0.3 is 19.2 Å². The van der Waals surface area contributed by atoms with Gasteiger partial charge in [-0.2, -0.15) is 0 Å². The number of hydrogen-bond donors (Lipinski definition) is 0. The zero-order valence-corrected chi connectivity index (χ0v) is 13.4. The van der Waals surface area contributed by atoms with Gasteiger partial charge in [0, 0.05) is 19.7 Å². The molecule has 6 nitrogen and oxygen atoms in total. The third kappa shape index (κ3) is 2.42. The van der Waals surface area contributed by atoms with Crippen LogP contribution in [0.25, 0.3) is 0 Å². The van der Waals surface area contributed by atoms with Crippen LogP contribution in [0.15, 0.2) is 17.3 Å². The first kappa shape index (κ1) is 15.1. The van der Waals surface area contributed by atoms with Crippen LogP contribution in [0.4, 0.5) is 5.69 Å². The molecule has 0 radical (unpaired) electrons. The molecule has 0 bridgehead atoms. The average Bonchev–Trinajstić information content (AvgIpc) is 3.07. The van der Waals surface area contributed by atoms with Crippen molar-refractivity contribution >= 4 is 29.0 Å². The number of ether oxygens (including phenoxy) is 2.